The number of halogens is 3. The van der Waals surface area contributed by atoms with Crippen LogP contribution in [0.5, 0.6) is 0 Å². The highest BCUT2D eigenvalue weighted by Gasteiger charge is 2.16. The maximum atomic E-state index is 13.5. The van der Waals surface area contributed by atoms with Gasteiger partial charge in [0.1, 0.15) is 0 Å². The molecule has 0 heterocycles. The van der Waals surface area contributed by atoms with Gasteiger partial charge < -0.3 is 26.4 Å². The summed E-state index contributed by atoms with van der Waals surface area (Å²) in [5.74, 6) is -6.30. The summed E-state index contributed by atoms with van der Waals surface area (Å²) in [5, 5.41) is 29.5. The molecule has 166 valence electrons. The molecule has 0 aliphatic heterocycles. The van der Waals surface area contributed by atoms with Gasteiger partial charge >= 0.3 is 0 Å². The van der Waals surface area contributed by atoms with Crippen LogP contribution in [0.4, 0.5) is 35.9 Å². The molecule has 0 unspecified atom stereocenters. The van der Waals surface area contributed by atoms with Crippen molar-refractivity contribution in [2.75, 3.05) is 42.2 Å². The number of amides is 2. The van der Waals surface area contributed by atoms with Crippen LogP contribution in [0.2, 0.25) is 0 Å². The molecule has 0 saturated carbocycles. The van der Waals surface area contributed by atoms with E-state index in [0.29, 0.717) is 11.8 Å². The molecule has 13 heteroatoms. The fraction of sp³-hybridized carbons (Fsp3) is 0.222. The molecule has 0 aliphatic carbocycles. The van der Waals surface area contributed by atoms with Gasteiger partial charge in [0, 0.05) is 18.7 Å². The molecule has 0 atom stereocenters. The summed E-state index contributed by atoms with van der Waals surface area (Å²) < 4.78 is 39.6. The van der Waals surface area contributed by atoms with Crippen LogP contribution in [-0.4, -0.2) is 48.1 Å². The van der Waals surface area contributed by atoms with Crippen molar-refractivity contribution in [2.24, 2.45) is 0 Å². The molecule has 2 aromatic rings. The van der Waals surface area contributed by atoms with E-state index in [0.717, 1.165) is 6.07 Å². The van der Waals surface area contributed by atoms with Crippen molar-refractivity contribution in [3.8, 4) is 0 Å². The lowest BCUT2D eigenvalue weighted by Crippen LogP contribution is -2.36. The number of non-ortho nitro benzene ring substituents is 1. The molecule has 0 aromatic heterocycles. The summed E-state index contributed by atoms with van der Waals surface area (Å²) in [6, 6.07) is 5.30. The highest BCUT2D eigenvalue weighted by molar-refractivity contribution is 5.95. The summed E-state index contributed by atoms with van der Waals surface area (Å²) in [6.07, 6.45) is 0. The first kappa shape index (κ1) is 23.4. The maximum Gasteiger partial charge on any atom is 0.271 e. The molecule has 5 N–H and O–H groups in total. The van der Waals surface area contributed by atoms with Gasteiger partial charge in [0.15, 0.2) is 17.5 Å². The van der Waals surface area contributed by atoms with E-state index in [9.17, 15) is 32.9 Å². The molecular weight excluding hydrogens is 423 g/mol. The average Bonchev–Trinajstić information content (AvgIpc) is 2.75. The topological polar surface area (TPSA) is 146 Å². The Morgan fingerprint density at radius 2 is 1.65 bits per heavy atom. The lowest BCUT2D eigenvalue weighted by Gasteiger charge is -2.13. The zero-order valence-electron chi connectivity index (χ0n) is 15.9. The Balaban J connectivity index is 1.91. The fourth-order valence-corrected chi connectivity index (χ4v) is 2.37. The van der Waals surface area contributed by atoms with Crippen molar-refractivity contribution in [3.63, 3.8) is 0 Å². The SMILES string of the molecule is O=C(CNc1cc([N+](=O)[O-])ccc1NCCO)NCC(=O)Nc1ccc(F)c(F)c1F. The molecule has 2 aromatic carbocycles. The third-order valence-corrected chi connectivity index (χ3v) is 3.84. The molecule has 10 nitrogen and oxygen atoms in total. The molecule has 0 fully saturated rings. The zero-order valence-corrected chi connectivity index (χ0v) is 15.9. The number of nitro groups is 1. The van der Waals surface area contributed by atoms with Crippen LogP contribution >= 0.6 is 0 Å². The second-order valence-electron chi connectivity index (χ2n) is 6.04. The largest absolute Gasteiger partial charge is 0.395 e. The molecule has 0 spiro atoms. The molecule has 2 rings (SSSR count). The lowest BCUT2D eigenvalue weighted by molar-refractivity contribution is -0.384. The first-order valence-corrected chi connectivity index (χ1v) is 8.80. The number of nitrogens with zero attached hydrogens (tertiary/aromatic N) is 1. The van der Waals surface area contributed by atoms with Gasteiger partial charge in [0.25, 0.3) is 5.69 Å². The van der Waals surface area contributed by atoms with Gasteiger partial charge in [-0.2, -0.15) is 0 Å². The molecular formula is C18H18F3N5O5. The standard InChI is InChI=1S/C18H18F3N5O5/c19-11-2-4-13(18(21)17(11)20)25-16(29)9-24-15(28)8-23-14-7-10(26(30)31)1-3-12(14)22-5-6-27/h1-4,7,22-23,27H,5-6,8-9H2,(H,24,28)(H,25,29). The summed E-state index contributed by atoms with van der Waals surface area (Å²) >= 11 is 0. The molecule has 0 radical (unpaired) electrons. The monoisotopic (exact) mass is 441 g/mol. The Kier molecular flexibility index (Phi) is 8.14. The predicted octanol–water partition coefficient (Wildman–Crippen LogP) is 1.58. The number of hydrogen-bond acceptors (Lipinski definition) is 7. The second-order valence-corrected chi connectivity index (χ2v) is 6.04. The molecule has 2 amide bonds. The Bertz CT molecular complexity index is 989. The summed E-state index contributed by atoms with van der Waals surface area (Å²) in [6.45, 7) is -0.991. The number of carbonyl (C=O) groups excluding carboxylic acids is 2. The highest BCUT2D eigenvalue weighted by atomic mass is 19.2. The van der Waals surface area contributed by atoms with Crippen LogP contribution in [0, 0.1) is 27.6 Å². The Hall–Kier alpha value is -3.87. The summed E-state index contributed by atoms with van der Waals surface area (Å²) in [5.41, 5.74) is -0.206. The molecule has 0 aliphatic rings. The second kappa shape index (κ2) is 10.8. The van der Waals surface area contributed by atoms with Crippen molar-refractivity contribution < 1.29 is 32.8 Å². The van der Waals surface area contributed by atoms with E-state index in [1.54, 1.807) is 0 Å². The van der Waals surface area contributed by atoms with E-state index in [1.807, 2.05) is 5.32 Å². The number of aliphatic hydroxyl groups excluding tert-OH is 1. The number of rotatable bonds is 10. The average molecular weight is 441 g/mol. The van der Waals surface area contributed by atoms with Crippen LogP contribution in [0.15, 0.2) is 30.3 Å². The first-order valence-electron chi connectivity index (χ1n) is 8.80. The summed E-state index contributed by atoms with van der Waals surface area (Å²) in [4.78, 5) is 34.1. The Morgan fingerprint density at radius 3 is 2.32 bits per heavy atom. The van der Waals surface area contributed by atoms with Crippen LogP contribution in [0.3, 0.4) is 0 Å². The van der Waals surface area contributed by atoms with E-state index in [4.69, 9.17) is 5.11 Å². The van der Waals surface area contributed by atoms with Crippen molar-refractivity contribution in [3.05, 3.63) is 57.9 Å². The summed E-state index contributed by atoms with van der Waals surface area (Å²) in [7, 11) is 0. The van der Waals surface area contributed by atoms with E-state index < -0.39 is 46.4 Å². The predicted molar refractivity (Wildman–Crippen MR) is 105 cm³/mol. The van der Waals surface area contributed by atoms with Crippen LogP contribution < -0.4 is 21.3 Å². The van der Waals surface area contributed by atoms with Crippen LogP contribution in [0.1, 0.15) is 0 Å². The number of nitro benzene ring substituents is 1. The van der Waals surface area contributed by atoms with Crippen molar-refractivity contribution in [2.45, 2.75) is 0 Å². The third kappa shape index (κ3) is 6.57. The number of hydrogen-bond donors (Lipinski definition) is 5. The van der Waals surface area contributed by atoms with E-state index in [1.165, 1.54) is 18.2 Å². The first-order chi connectivity index (χ1) is 14.7. The van der Waals surface area contributed by atoms with E-state index >= 15 is 0 Å². The smallest absolute Gasteiger partial charge is 0.271 e. The normalized spacial score (nSPS) is 10.3. The van der Waals surface area contributed by atoms with Crippen molar-refractivity contribution in [1.82, 2.24) is 5.32 Å². The van der Waals surface area contributed by atoms with E-state index in [-0.39, 0.29) is 31.1 Å². The minimum absolute atomic E-state index is 0.166. The van der Waals surface area contributed by atoms with Gasteiger partial charge in [-0.15, -0.1) is 0 Å². The molecule has 0 saturated heterocycles. The number of aliphatic hydroxyl groups is 1. The highest BCUT2D eigenvalue weighted by Crippen LogP contribution is 2.26. The van der Waals surface area contributed by atoms with Gasteiger partial charge in [0.05, 0.1) is 41.7 Å². The third-order valence-electron chi connectivity index (χ3n) is 3.84. The number of benzene rings is 2. The Morgan fingerprint density at radius 1 is 0.935 bits per heavy atom. The van der Waals surface area contributed by atoms with E-state index in [2.05, 4.69) is 16.0 Å². The van der Waals surface area contributed by atoms with Gasteiger partial charge in [-0.3, -0.25) is 19.7 Å². The zero-order chi connectivity index (χ0) is 23.0. The lowest BCUT2D eigenvalue weighted by atomic mass is 10.2. The van der Waals surface area contributed by atoms with Gasteiger partial charge in [0.2, 0.25) is 11.8 Å². The number of nitrogens with one attached hydrogen (secondary N) is 4. The quantitative estimate of drug-likeness (QED) is 0.214. The maximum absolute atomic E-state index is 13.5. The molecule has 0 bridgehead atoms. The van der Waals surface area contributed by atoms with Gasteiger partial charge in [-0.1, -0.05) is 0 Å². The van der Waals surface area contributed by atoms with Gasteiger partial charge in [-0.25, -0.2) is 13.2 Å². The number of anilines is 3. The van der Waals surface area contributed by atoms with Gasteiger partial charge in [-0.05, 0) is 18.2 Å². The Labute approximate surface area is 173 Å². The van der Waals surface area contributed by atoms with Crippen molar-refractivity contribution in [1.29, 1.82) is 0 Å². The van der Waals surface area contributed by atoms with Crippen molar-refractivity contribution >= 4 is 34.6 Å². The van der Waals surface area contributed by atoms with Crippen LogP contribution in [0.25, 0.3) is 0 Å². The molecule has 31 heavy (non-hydrogen) atoms. The minimum atomic E-state index is -1.74. The fourth-order valence-electron chi connectivity index (χ4n) is 2.37. The van der Waals surface area contributed by atoms with Crippen LogP contribution in [-0.2, 0) is 9.59 Å². The minimum Gasteiger partial charge on any atom is -0.395 e. The number of carbonyl (C=O) groups is 2.